The van der Waals surface area contributed by atoms with E-state index in [2.05, 4.69) is 35.5 Å². The Kier molecular flexibility index (Phi) is 2.40. The second-order valence-electron chi connectivity index (χ2n) is 8.19. The van der Waals surface area contributed by atoms with E-state index in [0.29, 0.717) is 5.92 Å². The second kappa shape index (κ2) is 3.83. The van der Waals surface area contributed by atoms with E-state index < -0.39 is 0 Å². The third-order valence-electron chi connectivity index (χ3n) is 5.82. The number of aromatic nitrogens is 3. The Bertz CT molecular complexity index is 454. The molecule has 0 spiro atoms. The van der Waals surface area contributed by atoms with Gasteiger partial charge in [0.15, 0.2) is 0 Å². The number of hydrogen-bond donors (Lipinski definition) is 0. The van der Waals surface area contributed by atoms with E-state index in [1.54, 1.807) is 0 Å². The van der Waals surface area contributed by atoms with Gasteiger partial charge in [0.25, 0.3) is 0 Å². The van der Waals surface area contributed by atoms with Crippen molar-refractivity contribution >= 4 is 0 Å². The minimum atomic E-state index is 0.105. The Hall–Kier alpha value is -0.860. The first kappa shape index (κ1) is 11.9. The summed E-state index contributed by atoms with van der Waals surface area (Å²) in [5.41, 5.74) is 0.105. The smallest absolute Gasteiger partial charge is 0.136 e. The summed E-state index contributed by atoms with van der Waals surface area (Å²) in [6.45, 7) is 6.78. The normalized spacial score (nSPS) is 40.9. The molecule has 0 N–H and O–H groups in total. The monoisotopic (exact) mass is 259 g/mol. The van der Waals surface area contributed by atoms with Gasteiger partial charge in [0.1, 0.15) is 12.2 Å². The first-order chi connectivity index (χ1) is 9.02. The van der Waals surface area contributed by atoms with Gasteiger partial charge >= 0.3 is 0 Å². The molecule has 4 aliphatic rings. The first-order valence-corrected chi connectivity index (χ1v) is 7.93. The molecule has 4 bridgehead atoms. The number of nitrogens with zero attached hydrogens (tertiary/aromatic N) is 3. The molecule has 0 radical (unpaired) electrons. The zero-order valence-corrected chi connectivity index (χ0v) is 12.3. The first-order valence-electron chi connectivity index (χ1n) is 7.93. The van der Waals surface area contributed by atoms with Gasteiger partial charge < -0.3 is 4.57 Å². The van der Waals surface area contributed by atoms with Crippen molar-refractivity contribution in [3.8, 4) is 0 Å². The van der Waals surface area contributed by atoms with Gasteiger partial charge in [-0.1, -0.05) is 0 Å². The molecular weight excluding hydrogens is 234 g/mol. The van der Waals surface area contributed by atoms with Crippen molar-refractivity contribution in [3.63, 3.8) is 0 Å². The lowest BCUT2D eigenvalue weighted by Gasteiger charge is -2.54. The quantitative estimate of drug-likeness (QED) is 0.772. The highest BCUT2D eigenvalue weighted by Gasteiger charge is 2.50. The summed E-state index contributed by atoms with van der Waals surface area (Å²) in [5, 5.41) is 8.78. The van der Waals surface area contributed by atoms with Crippen LogP contribution in [0, 0.1) is 23.7 Å². The maximum absolute atomic E-state index is 4.54. The lowest BCUT2D eigenvalue weighted by molar-refractivity contribution is -0.00790. The Morgan fingerprint density at radius 2 is 1.58 bits per heavy atom. The molecule has 0 atom stereocenters. The summed E-state index contributed by atoms with van der Waals surface area (Å²) in [7, 11) is 0. The van der Waals surface area contributed by atoms with E-state index in [4.69, 9.17) is 0 Å². The lowest BCUT2D eigenvalue weighted by Crippen LogP contribution is -2.45. The van der Waals surface area contributed by atoms with E-state index in [-0.39, 0.29) is 5.54 Å². The molecule has 0 aliphatic heterocycles. The standard InChI is InChI=1S/C16H25N3/c1-16(2,3)19-9-17-18-15(19)14-12-5-10-4-11(7-12)8-13(14)6-10/h9-14H,4-8H2,1-3H3. The van der Waals surface area contributed by atoms with Crippen LogP contribution in [0.5, 0.6) is 0 Å². The van der Waals surface area contributed by atoms with Crippen molar-refractivity contribution in [1.29, 1.82) is 0 Å². The molecule has 4 saturated carbocycles. The highest BCUT2D eigenvalue weighted by Crippen LogP contribution is 2.59. The molecule has 4 fully saturated rings. The van der Waals surface area contributed by atoms with Gasteiger partial charge in [-0.3, -0.25) is 0 Å². The predicted molar refractivity (Wildman–Crippen MR) is 74.8 cm³/mol. The number of hydrogen-bond acceptors (Lipinski definition) is 2. The Morgan fingerprint density at radius 1 is 1.00 bits per heavy atom. The molecule has 4 aliphatic carbocycles. The number of rotatable bonds is 1. The van der Waals surface area contributed by atoms with Crippen LogP contribution >= 0.6 is 0 Å². The van der Waals surface area contributed by atoms with Crippen molar-refractivity contribution in [1.82, 2.24) is 14.8 Å². The molecule has 3 heteroatoms. The van der Waals surface area contributed by atoms with Gasteiger partial charge in [0, 0.05) is 11.5 Å². The summed E-state index contributed by atoms with van der Waals surface area (Å²) in [6, 6.07) is 0. The second-order valence-corrected chi connectivity index (χ2v) is 8.19. The average molecular weight is 259 g/mol. The Morgan fingerprint density at radius 3 is 2.11 bits per heavy atom. The van der Waals surface area contributed by atoms with Crippen molar-refractivity contribution < 1.29 is 0 Å². The van der Waals surface area contributed by atoms with Gasteiger partial charge in [-0.2, -0.15) is 0 Å². The van der Waals surface area contributed by atoms with Crippen LogP contribution < -0.4 is 0 Å². The summed E-state index contributed by atoms with van der Waals surface area (Å²) in [4.78, 5) is 0. The molecule has 0 saturated heterocycles. The molecule has 5 rings (SSSR count). The van der Waals surface area contributed by atoms with Gasteiger partial charge in [0.05, 0.1) is 0 Å². The average Bonchev–Trinajstić information content (AvgIpc) is 2.76. The van der Waals surface area contributed by atoms with Crippen LogP contribution in [0.25, 0.3) is 0 Å². The fourth-order valence-electron chi connectivity index (χ4n) is 5.33. The predicted octanol–water partition coefficient (Wildman–Crippen LogP) is 3.57. The van der Waals surface area contributed by atoms with Gasteiger partial charge in [-0.05, 0) is 76.5 Å². The van der Waals surface area contributed by atoms with E-state index in [9.17, 15) is 0 Å². The van der Waals surface area contributed by atoms with Gasteiger partial charge in [-0.25, -0.2) is 0 Å². The molecule has 0 aromatic carbocycles. The van der Waals surface area contributed by atoms with Crippen LogP contribution in [0.2, 0.25) is 0 Å². The lowest BCUT2D eigenvalue weighted by atomic mass is 9.51. The largest absolute Gasteiger partial charge is 0.312 e. The molecule has 3 nitrogen and oxygen atoms in total. The molecule has 104 valence electrons. The van der Waals surface area contributed by atoms with E-state index in [1.165, 1.54) is 37.9 Å². The van der Waals surface area contributed by atoms with Gasteiger partial charge in [0.2, 0.25) is 0 Å². The van der Waals surface area contributed by atoms with Crippen molar-refractivity contribution in [2.24, 2.45) is 23.7 Å². The zero-order valence-electron chi connectivity index (χ0n) is 12.3. The SMILES string of the molecule is CC(C)(C)n1cnnc1C1C2CC3CC(C2)CC1C3. The third-order valence-corrected chi connectivity index (χ3v) is 5.82. The van der Waals surface area contributed by atoms with Gasteiger partial charge in [-0.15, -0.1) is 10.2 Å². The maximum atomic E-state index is 4.54. The van der Waals surface area contributed by atoms with Crippen LogP contribution in [-0.2, 0) is 5.54 Å². The molecule has 19 heavy (non-hydrogen) atoms. The van der Waals surface area contributed by atoms with Crippen LogP contribution in [0.4, 0.5) is 0 Å². The van der Waals surface area contributed by atoms with E-state index in [1.807, 2.05) is 6.33 Å². The van der Waals surface area contributed by atoms with E-state index >= 15 is 0 Å². The summed E-state index contributed by atoms with van der Waals surface area (Å²) in [5.74, 6) is 5.81. The minimum absolute atomic E-state index is 0.105. The molecule has 1 heterocycles. The maximum Gasteiger partial charge on any atom is 0.136 e. The molecule has 1 aromatic heterocycles. The Labute approximate surface area is 115 Å². The van der Waals surface area contributed by atoms with Crippen LogP contribution in [0.3, 0.4) is 0 Å². The Balaban J connectivity index is 1.72. The molecule has 0 unspecified atom stereocenters. The summed E-state index contributed by atoms with van der Waals surface area (Å²) in [6.07, 6.45) is 9.28. The minimum Gasteiger partial charge on any atom is -0.312 e. The summed E-state index contributed by atoms with van der Waals surface area (Å²) < 4.78 is 2.33. The topological polar surface area (TPSA) is 30.7 Å². The zero-order chi connectivity index (χ0) is 13.2. The highest BCUT2D eigenvalue weighted by molar-refractivity contribution is 5.12. The van der Waals surface area contributed by atoms with Crippen LogP contribution in [0.15, 0.2) is 6.33 Å². The van der Waals surface area contributed by atoms with Crippen molar-refractivity contribution in [2.45, 2.75) is 64.3 Å². The molecular formula is C16H25N3. The molecule has 0 amide bonds. The van der Waals surface area contributed by atoms with E-state index in [0.717, 1.165) is 23.7 Å². The summed E-state index contributed by atoms with van der Waals surface area (Å²) >= 11 is 0. The third kappa shape index (κ3) is 1.77. The van der Waals surface area contributed by atoms with Crippen molar-refractivity contribution in [2.75, 3.05) is 0 Å². The fourth-order valence-corrected chi connectivity index (χ4v) is 5.33. The van der Waals surface area contributed by atoms with Crippen LogP contribution in [0.1, 0.15) is 64.6 Å². The van der Waals surface area contributed by atoms with Crippen molar-refractivity contribution in [3.05, 3.63) is 12.2 Å². The molecule has 1 aromatic rings. The van der Waals surface area contributed by atoms with Crippen LogP contribution in [-0.4, -0.2) is 14.8 Å². The fraction of sp³-hybridized carbons (Fsp3) is 0.875. The highest BCUT2D eigenvalue weighted by atomic mass is 15.3.